The molecule has 0 unspecified atom stereocenters. The number of halogens is 3. The molecule has 5 rings (SSSR count). The molecule has 0 saturated carbocycles. The van der Waals surface area contributed by atoms with E-state index in [1.807, 2.05) is 55.5 Å². The second-order valence-corrected chi connectivity index (χ2v) is 10.2. The largest absolute Gasteiger partial charge is 0.437 e. The Hall–Kier alpha value is -3.76. The van der Waals surface area contributed by atoms with Crippen LogP contribution in [0.3, 0.4) is 0 Å². The van der Waals surface area contributed by atoms with Gasteiger partial charge in [0.1, 0.15) is 5.75 Å². The summed E-state index contributed by atoms with van der Waals surface area (Å²) in [6, 6.07) is 15.3. The number of piperidine rings is 1. The summed E-state index contributed by atoms with van der Waals surface area (Å²) in [6.07, 6.45) is -0.649. The molecule has 2 atom stereocenters. The molecule has 3 heterocycles. The van der Waals surface area contributed by atoms with E-state index in [-0.39, 0.29) is 25.5 Å². The summed E-state index contributed by atoms with van der Waals surface area (Å²) in [7, 11) is 0. The molecule has 1 aliphatic rings. The zero-order chi connectivity index (χ0) is 28.8. The highest BCUT2D eigenvalue weighted by Crippen LogP contribution is 2.38. The Kier molecular flexibility index (Phi) is 8.99. The van der Waals surface area contributed by atoms with Crippen LogP contribution < -0.4 is 15.4 Å². The molecule has 4 aromatic rings. The zero-order valence-corrected chi connectivity index (χ0v) is 23.2. The fourth-order valence-electron chi connectivity index (χ4n) is 5.19. The molecule has 1 fully saturated rings. The number of hydrogen-bond acceptors (Lipinski definition) is 7. The molecule has 0 amide bonds. The highest BCUT2D eigenvalue weighted by molar-refractivity contribution is 5.92. The monoisotopic (exact) mass is 565 g/mol. The number of hydrogen-bond donors (Lipinski definition) is 2. The van der Waals surface area contributed by atoms with Gasteiger partial charge < -0.3 is 20.1 Å². The van der Waals surface area contributed by atoms with Crippen LogP contribution in [0.5, 0.6) is 11.6 Å². The van der Waals surface area contributed by atoms with Crippen LogP contribution in [0.4, 0.5) is 19.1 Å². The Labute approximate surface area is 237 Å². The van der Waals surface area contributed by atoms with E-state index in [4.69, 9.17) is 14.5 Å². The standard InChI is InChI=1S/C31H34F3N5O2/c1-3-40-27(31(32,33)34)14-12-21-7-4-9-24-23(21)13-11-20(2)28(24)41-29-25(10-6-17-36-29)26-15-18-37-30(39-26)38-22-8-5-16-35-19-22/h4,6-7,9-11,13,15,17-18,22,27,35H,3,5,8,12,14,16,19H2,1-2H3,(H,37,38,39)/t22-,27-/m0/s1. The molecule has 0 aliphatic carbocycles. The van der Waals surface area contributed by atoms with E-state index in [0.717, 1.165) is 47.8 Å². The Morgan fingerprint density at radius 1 is 1.05 bits per heavy atom. The van der Waals surface area contributed by atoms with Crippen molar-refractivity contribution in [3.05, 3.63) is 72.1 Å². The first-order valence-corrected chi connectivity index (χ1v) is 14.0. The second kappa shape index (κ2) is 12.8. The summed E-state index contributed by atoms with van der Waals surface area (Å²) in [5.41, 5.74) is 3.05. The number of nitrogens with zero attached hydrogens (tertiary/aromatic N) is 3. The van der Waals surface area contributed by atoms with Gasteiger partial charge in [-0.15, -0.1) is 0 Å². The van der Waals surface area contributed by atoms with Crippen molar-refractivity contribution in [2.45, 2.75) is 57.9 Å². The maximum atomic E-state index is 13.4. The number of aryl methyl sites for hydroxylation is 2. The molecule has 1 saturated heterocycles. The molecule has 2 aromatic carbocycles. The third kappa shape index (κ3) is 6.94. The van der Waals surface area contributed by atoms with E-state index in [2.05, 4.69) is 20.6 Å². The van der Waals surface area contributed by atoms with Gasteiger partial charge in [0.05, 0.1) is 11.3 Å². The average molecular weight is 566 g/mol. The molecule has 0 radical (unpaired) electrons. The van der Waals surface area contributed by atoms with Gasteiger partial charge in [0.15, 0.2) is 6.10 Å². The van der Waals surface area contributed by atoms with Crippen LogP contribution in [0.1, 0.15) is 37.3 Å². The number of nitrogens with one attached hydrogen (secondary N) is 2. The van der Waals surface area contributed by atoms with Gasteiger partial charge in [0.25, 0.3) is 0 Å². The fraction of sp³-hybridized carbons (Fsp3) is 0.387. The van der Waals surface area contributed by atoms with E-state index in [1.54, 1.807) is 19.3 Å². The predicted molar refractivity (Wildman–Crippen MR) is 153 cm³/mol. The first-order chi connectivity index (χ1) is 19.8. The maximum absolute atomic E-state index is 13.4. The minimum Gasteiger partial charge on any atom is -0.437 e. The third-order valence-electron chi connectivity index (χ3n) is 7.24. The van der Waals surface area contributed by atoms with E-state index >= 15 is 0 Å². The topological polar surface area (TPSA) is 81.2 Å². The summed E-state index contributed by atoms with van der Waals surface area (Å²) in [4.78, 5) is 13.7. The van der Waals surface area contributed by atoms with Crippen LogP contribution in [0.2, 0.25) is 0 Å². The zero-order valence-electron chi connectivity index (χ0n) is 23.2. The Morgan fingerprint density at radius 2 is 1.93 bits per heavy atom. The number of aromatic nitrogens is 3. The van der Waals surface area contributed by atoms with Crippen LogP contribution >= 0.6 is 0 Å². The van der Waals surface area contributed by atoms with E-state index in [9.17, 15) is 13.2 Å². The summed E-state index contributed by atoms with van der Waals surface area (Å²) >= 11 is 0. The van der Waals surface area contributed by atoms with Crippen molar-refractivity contribution in [2.75, 3.05) is 25.0 Å². The molecule has 2 N–H and O–H groups in total. The van der Waals surface area contributed by atoms with Gasteiger partial charge in [-0.05, 0) is 80.8 Å². The van der Waals surface area contributed by atoms with Gasteiger partial charge in [0, 0.05) is 37.0 Å². The molecule has 0 spiro atoms. The van der Waals surface area contributed by atoms with Gasteiger partial charge in [-0.1, -0.05) is 30.3 Å². The third-order valence-corrected chi connectivity index (χ3v) is 7.24. The van der Waals surface area contributed by atoms with Crippen molar-refractivity contribution in [3.8, 4) is 22.9 Å². The Bertz CT molecular complexity index is 1470. The lowest BCUT2D eigenvalue weighted by molar-refractivity contribution is -0.220. The molecule has 10 heteroatoms. The number of alkyl halides is 3. The molecular formula is C31H34F3N5O2. The van der Waals surface area contributed by atoms with Gasteiger partial charge in [0.2, 0.25) is 11.8 Å². The first kappa shape index (κ1) is 28.8. The second-order valence-electron chi connectivity index (χ2n) is 10.2. The average Bonchev–Trinajstić information content (AvgIpc) is 2.97. The van der Waals surface area contributed by atoms with Crippen molar-refractivity contribution in [1.29, 1.82) is 0 Å². The van der Waals surface area contributed by atoms with Crippen LogP contribution in [0.25, 0.3) is 22.0 Å². The quantitative estimate of drug-likeness (QED) is 0.218. The summed E-state index contributed by atoms with van der Waals surface area (Å²) in [5, 5.41) is 8.43. The number of benzene rings is 2. The summed E-state index contributed by atoms with van der Waals surface area (Å²) in [6.45, 7) is 5.39. The Balaban J connectivity index is 1.43. The van der Waals surface area contributed by atoms with Crippen molar-refractivity contribution in [1.82, 2.24) is 20.3 Å². The fourth-order valence-corrected chi connectivity index (χ4v) is 5.19. The molecular weight excluding hydrogens is 531 g/mol. The molecule has 216 valence electrons. The number of fused-ring (bicyclic) bond motifs is 1. The minimum atomic E-state index is -4.41. The van der Waals surface area contributed by atoms with Crippen LogP contribution in [0, 0.1) is 6.92 Å². The highest BCUT2D eigenvalue weighted by atomic mass is 19.4. The first-order valence-electron chi connectivity index (χ1n) is 14.0. The SMILES string of the molecule is CCO[C@@H](CCc1cccc2c(Oc3ncccc3-c3ccnc(N[C@H]4CCCNC4)n3)c(C)ccc12)C(F)(F)F. The van der Waals surface area contributed by atoms with E-state index < -0.39 is 12.3 Å². The molecule has 2 aromatic heterocycles. The van der Waals surface area contributed by atoms with Crippen molar-refractivity contribution >= 4 is 16.7 Å². The van der Waals surface area contributed by atoms with E-state index in [0.29, 0.717) is 28.8 Å². The van der Waals surface area contributed by atoms with E-state index in [1.165, 1.54) is 0 Å². The van der Waals surface area contributed by atoms with Gasteiger partial charge in [-0.3, -0.25) is 0 Å². The molecule has 1 aliphatic heterocycles. The number of rotatable bonds is 10. The Morgan fingerprint density at radius 3 is 2.71 bits per heavy atom. The highest BCUT2D eigenvalue weighted by Gasteiger charge is 2.40. The summed E-state index contributed by atoms with van der Waals surface area (Å²) in [5.74, 6) is 1.52. The molecule has 41 heavy (non-hydrogen) atoms. The van der Waals surface area contributed by atoms with Crippen molar-refractivity contribution in [3.63, 3.8) is 0 Å². The van der Waals surface area contributed by atoms with Crippen molar-refractivity contribution < 1.29 is 22.6 Å². The lowest BCUT2D eigenvalue weighted by Gasteiger charge is -2.23. The summed E-state index contributed by atoms with van der Waals surface area (Å²) < 4.78 is 51.8. The van der Waals surface area contributed by atoms with Crippen LogP contribution in [-0.4, -0.2) is 53.0 Å². The van der Waals surface area contributed by atoms with Crippen LogP contribution in [0.15, 0.2) is 60.9 Å². The maximum Gasteiger partial charge on any atom is 0.414 e. The number of ether oxygens (including phenoxy) is 2. The van der Waals surface area contributed by atoms with Gasteiger partial charge in [-0.2, -0.15) is 13.2 Å². The minimum absolute atomic E-state index is 0.00495. The number of pyridine rings is 1. The smallest absolute Gasteiger partial charge is 0.414 e. The van der Waals surface area contributed by atoms with Gasteiger partial charge >= 0.3 is 6.18 Å². The van der Waals surface area contributed by atoms with Crippen LogP contribution in [-0.2, 0) is 11.2 Å². The normalized spacial score (nSPS) is 16.5. The van der Waals surface area contributed by atoms with Crippen molar-refractivity contribution in [2.24, 2.45) is 0 Å². The number of anilines is 1. The lowest BCUT2D eigenvalue weighted by atomic mass is 9.97. The molecule has 0 bridgehead atoms. The molecule has 7 nitrogen and oxygen atoms in total. The predicted octanol–water partition coefficient (Wildman–Crippen LogP) is 6.86. The lowest BCUT2D eigenvalue weighted by Crippen LogP contribution is -2.38. The van der Waals surface area contributed by atoms with Gasteiger partial charge in [-0.25, -0.2) is 15.0 Å².